The standard InChI is InChI=1S/C33H48O6/c1-4-30(19-34)21-36-32(37-22-30)18-29(16-27-14-10-9-11-25(27)3)33(38-23-31(5-2,20-35)24-39-33)17-28(32)15-26-12-7-6-8-13-26/h6-10,12-14,25,28-29,34-35H,4-5,11,15-24H2,1-3H3. The van der Waals surface area contributed by atoms with Crippen molar-refractivity contribution in [2.75, 3.05) is 39.6 Å². The van der Waals surface area contributed by atoms with Crippen molar-refractivity contribution in [3.63, 3.8) is 0 Å². The van der Waals surface area contributed by atoms with Crippen LogP contribution in [0.25, 0.3) is 0 Å². The second kappa shape index (κ2) is 11.8. The molecule has 1 aromatic carbocycles. The lowest BCUT2D eigenvalue weighted by Crippen LogP contribution is -2.65. The van der Waals surface area contributed by atoms with Gasteiger partial charge in [-0.05, 0) is 43.6 Å². The number of ether oxygens (including phenoxy) is 4. The highest BCUT2D eigenvalue weighted by molar-refractivity contribution is 5.23. The predicted molar refractivity (Wildman–Crippen MR) is 151 cm³/mol. The first kappa shape index (κ1) is 29.0. The van der Waals surface area contributed by atoms with Crippen LogP contribution in [0.15, 0.2) is 54.1 Å². The van der Waals surface area contributed by atoms with Crippen molar-refractivity contribution in [1.29, 1.82) is 0 Å². The Morgan fingerprint density at radius 3 is 1.74 bits per heavy atom. The van der Waals surface area contributed by atoms with Gasteiger partial charge in [0.25, 0.3) is 0 Å². The molecular formula is C33H48O6. The molecule has 2 spiro atoms. The van der Waals surface area contributed by atoms with E-state index in [-0.39, 0.29) is 35.9 Å². The molecule has 2 heterocycles. The molecule has 216 valence electrons. The predicted octanol–water partition coefficient (Wildman–Crippen LogP) is 5.43. The van der Waals surface area contributed by atoms with Gasteiger partial charge in [-0.3, -0.25) is 0 Å². The first-order chi connectivity index (χ1) is 18.8. The lowest BCUT2D eigenvalue weighted by Gasteiger charge is -2.59. The number of benzene rings is 1. The number of hydrogen-bond acceptors (Lipinski definition) is 6. The number of aliphatic hydroxyl groups is 2. The number of hydrogen-bond donors (Lipinski definition) is 2. The van der Waals surface area contributed by atoms with E-state index in [2.05, 4.69) is 63.3 Å². The molecule has 5 rings (SSSR count). The summed E-state index contributed by atoms with van der Waals surface area (Å²) >= 11 is 0. The van der Waals surface area contributed by atoms with Crippen molar-refractivity contribution in [2.45, 2.75) is 77.3 Å². The quantitative estimate of drug-likeness (QED) is 0.458. The van der Waals surface area contributed by atoms with E-state index in [0.29, 0.717) is 45.2 Å². The van der Waals surface area contributed by atoms with Crippen LogP contribution >= 0.6 is 0 Å². The molecule has 1 saturated carbocycles. The Morgan fingerprint density at radius 1 is 0.769 bits per heavy atom. The van der Waals surface area contributed by atoms with Gasteiger partial charge in [-0.1, -0.05) is 74.9 Å². The molecule has 2 aliphatic heterocycles. The van der Waals surface area contributed by atoms with Crippen LogP contribution in [0, 0.1) is 28.6 Å². The maximum atomic E-state index is 10.2. The van der Waals surface area contributed by atoms with Crippen LogP contribution in [0.4, 0.5) is 0 Å². The molecule has 2 aliphatic carbocycles. The van der Waals surface area contributed by atoms with E-state index in [1.54, 1.807) is 0 Å². The Balaban J connectivity index is 1.49. The highest BCUT2D eigenvalue weighted by Crippen LogP contribution is 2.55. The van der Waals surface area contributed by atoms with E-state index in [1.807, 2.05) is 6.07 Å². The van der Waals surface area contributed by atoms with Gasteiger partial charge >= 0.3 is 0 Å². The minimum Gasteiger partial charge on any atom is -0.396 e. The van der Waals surface area contributed by atoms with Crippen LogP contribution in [0.1, 0.15) is 64.9 Å². The summed E-state index contributed by atoms with van der Waals surface area (Å²) in [4.78, 5) is 0. The molecule has 3 atom stereocenters. The van der Waals surface area contributed by atoms with Gasteiger partial charge in [0.15, 0.2) is 11.6 Å². The number of aliphatic hydroxyl groups excluding tert-OH is 2. The first-order valence-corrected chi connectivity index (χ1v) is 15.0. The summed E-state index contributed by atoms with van der Waals surface area (Å²) in [6.45, 7) is 8.54. The Bertz CT molecular complexity index is 988. The lowest BCUT2D eigenvalue weighted by atomic mass is 9.66. The van der Waals surface area contributed by atoms with Crippen LogP contribution < -0.4 is 0 Å². The molecular weight excluding hydrogens is 492 g/mol. The average molecular weight is 541 g/mol. The third kappa shape index (κ3) is 5.66. The van der Waals surface area contributed by atoms with E-state index in [0.717, 1.165) is 32.1 Å². The molecule has 3 fully saturated rings. The zero-order valence-electron chi connectivity index (χ0n) is 24.1. The molecule has 1 aromatic rings. The summed E-state index contributed by atoms with van der Waals surface area (Å²) in [6.07, 6.45) is 12.3. The van der Waals surface area contributed by atoms with Crippen molar-refractivity contribution in [2.24, 2.45) is 28.6 Å². The van der Waals surface area contributed by atoms with E-state index < -0.39 is 11.6 Å². The normalized spacial score (nSPS) is 40.6. The fourth-order valence-corrected chi connectivity index (χ4v) is 6.82. The van der Waals surface area contributed by atoms with E-state index in [9.17, 15) is 10.2 Å². The minimum absolute atomic E-state index is 0.0191. The van der Waals surface area contributed by atoms with Gasteiger partial charge in [-0.2, -0.15) is 0 Å². The summed E-state index contributed by atoms with van der Waals surface area (Å²) in [5, 5.41) is 20.4. The molecule has 2 saturated heterocycles. The van der Waals surface area contributed by atoms with Gasteiger partial charge in [-0.15, -0.1) is 0 Å². The van der Waals surface area contributed by atoms with E-state index >= 15 is 0 Å². The number of rotatable bonds is 8. The largest absolute Gasteiger partial charge is 0.396 e. The summed E-state index contributed by atoms with van der Waals surface area (Å²) in [5.41, 5.74) is 1.92. The highest BCUT2D eigenvalue weighted by atomic mass is 16.7. The summed E-state index contributed by atoms with van der Waals surface area (Å²) < 4.78 is 27.2. The van der Waals surface area contributed by atoms with Crippen molar-refractivity contribution < 1.29 is 29.2 Å². The maximum absolute atomic E-state index is 10.2. The molecule has 0 aromatic heterocycles. The summed E-state index contributed by atoms with van der Waals surface area (Å²) in [7, 11) is 0. The highest BCUT2D eigenvalue weighted by Gasteiger charge is 2.61. The average Bonchev–Trinajstić information content (AvgIpc) is 2.99. The molecule has 0 radical (unpaired) electrons. The SMILES string of the molecule is CCC1(CO)COC2(CC(Cc3ccccc3)C3(CC2CC2=CC=CCC2C)OCC(CC)(CO)CO3)OC1. The zero-order chi connectivity index (χ0) is 27.6. The lowest BCUT2D eigenvalue weighted by molar-refractivity contribution is -0.405. The van der Waals surface area contributed by atoms with Gasteiger partial charge in [-0.25, -0.2) is 0 Å². The Morgan fingerprint density at radius 2 is 1.28 bits per heavy atom. The second-order valence-corrected chi connectivity index (χ2v) is 12.8. The molecule has 3 unspecified atom stereocenters. The van der Waals surface area contributed by atoms with Crippen molar-refractivity contribution in [3.05, 3.63) is 59.7 Å². The van der Waals surface area contributed by atoms with Crippen LogP contribution in [-0.4, -0.2) is 61.4 Å². The van der Waals surface area contributed by atoms with Crippen molar-refractivity contribution in [3.8, 4) is 0 Å². The van der Waals surface area contributed by atoms with Gasteiger partial charge in [0.2, 0.25) is 0 Å². The molecule has 6 nitrogen and oxygen atoms in total. The van der Waals surface area contributed by atoms with Crippen LogP contribution in [-0.2, 0) is 25.4 Å². The Kier molecular flexibility index (Phi) is 8.73. The fraction of sp³-hybridized carbons (Fsp3) is 0.697. The van der Waals surface area contributed by atoms with Crippen molar-refractivity contribution in [1.82, 2.24) is 0 Å². The molecule has 39 heavy (non-hydrogen) atoms. The van der Waals surface area contributed by atoms with Gasteiger partial charge in [0.05, 0.1) is 39.6 Å². The van der Waals surface area contributed by atoms with Crippen LogP contribution in [0.2, 0.25) is 0 Å². The molecule has 2 N–H and O–H groups in total. The van der Waals surface area contributed by atoms with E-state index in [1.165, 1.54) is 11.1 Å². The van der Waals surface area contributed by atoms with Gasteiger partial charge in [0, 0.05) is 35.5 Å². The van der Waals surface area contributed by atoms with E-state index in [4.69, 9.17) is 18.9 Å². The molecule has 0 amide bonds. The van der Waals surface area contributed by atoms with Crippen LogP contribution in [0.5, 0.6) is 0 Å². The van der Waals surface area contributed by atoms with Gasteiger partial charge < -0.3 is 29.2 Å². The second-order valence-electron chi connectivity index (χ2n) is 12.8. The fourth-order valence-electron chi connectivity index (χ4n) is 6.82. The van der Waals surface area contributed by atoms with Gasteiger partial charge in [0.1, 0.15) is 0 Å². The molecule has 4 aliphatic rings. The maximum Gasteiger partial charge on any atom is 0.172 e. The Hall–Kier alpha value is -1.54. The monoisotopic (exact) mass is 540 g/mol. The molecule has 6 heteroatoms. The minimum atomic E-state index is -0.767. The Labute approximate surface area is 234 Å². The third-order valence-electron chi connectivity index (χ3n) is 10.3. The smallest absolute Gasteiger partial charge is 0.172 e. The van der Waals surface area contributed by atoms with Crippen molar-refractivity contribution >= 4 is 0 Å². The summed E-state index contributed by atoms with van der Waals surface area (Å²) in [6, 6.07) is 10.5. The van der Waals surface area contributed by atoms with Crippen LogP contribution in [0.3, 0.4) is 0 Å². The zero-order valence-corrected chi connectivity index (χ0v) is 24.1. The topological polar surface area (TPSA) is 77.4 Å². The molecule has 0 bridgehead atoms. The number of allylic oxidation sites excluding steroid dienone is 4. The third-order valence-corrected chi connectivity index (χ3v) is 10.3. The summed E-state index contributed by atoms with van der Waals surface area (Å²) in [5.74, 6) is -0.997. The first-order valence-electron chi connectivity index (χ1n) is 15.0.